The number of rotatable bonds is 6. The van der Waals surface area contributed by atoms with Gasteiger partial charge in [-0.25, -0.2) is 0 Å². The summed E-state index contributed by atoms with van der Waals surface area (Å²) in [6.45, 7) is 7.94. The van der Waals surface area contributed by atoms with E-state index in [-0.39, 0.29) is 11.1 Å². The smallest absolute Gasteiger partial charge is 0.263 e. The lowest BCUT2D eigenvalue weighted by Gasteiger charge is -2.24. The van der Waals surface area contributed by atoms with Crippen molar-refractivity contribution < 1.29 is 4.79 Å². The van der Waals surface area contributed by atoms with E-state index < -0.39 is 0 Å². The first-order chi connectivity index (χ1) is 10.6. The zero-order valence-electron chi connectivity index (χ0n) is 13.4. The largest absolute Gasteiger partial charge is 0.371 e. The molecule has 0 saturated heterocycles. The predicted octanol–water partition coefficient (Wildman–Crippen LogP) is 2.86. The third kappa shape index (κ3) is 3.11. The minimum atomic E-state index is -0.222. The standard InChI is InChI=1S/C18H22N2O2/c1-4-19(5-2)17-11-14(3)20(18(22)16(17)13-21)12-15-9-7-6-8-10-15/h6-11,13H,4-5,12H2,1-3H3. The van der Waals surface area contributed by atoms with Crippen LogP contribution in [0.5, 0.6) is 0 Å². The van der Waals surface area contributed by atoms with Gasteiger partial charge in [0.05, 0.1) is 12.2 Å². The second-order valence-electron chi connectivity index (χ2n) is 5.25. The second-order valence-corrected chi connectivity index (χ2v) is 5.25. The van der Waals surface area contributed by atoms with Crippen LogP contribution in [-0.2, 0) is 6.54 Å². The van der Waals surface area contributed by atoms with Gasteiger partial charge in [-0.15, -0.1) is 0 Å². The van der Waals surface area contributed by atoms with Gasteiger partial charge in [0.2, 0.25) is 0 Å². The van der Waals surface area contributed by atoms with E-state index in [1.54, 1.807) is 4.57 Å². The summed E-state index contributed by atoms with van der Waals surface area (Å²) in [5.74, 6) is 0. The zero-order valence-corrected chi connectivity index (χ0v) is 13.4. The maximum absolute atomic E-state index is 12.7. The number of carbonyl (C=O) groups excluding carboxylic acids is 1. The van der Waals surface area contributed by atoms with E-state index in [0.717, 1.165) is 30.0 Å². The van der Waals surface area contributed by atoms with Crippen molar-refractivity contribution >= 4 is 12.0 Å². The number of aldehydes is 1. The highest BCUT2D eigenvalue weighted by molar-refractivity contribution is 5.84. The Morgan fingerprint density at radius 3 is 2.32 bits per heavy atom. The molecule has 0 aliphatic carbocycles. The van der Waals surface area contributed by atoms with Crippen molar-refractivity contribution in [3.05, 3.63) is 63.6 Å². The Balaban J connectivity index is 2.54. The van der Waals surface area contributed by atoms with Crippen molar-refractivity contribution in [1.82, 2.24) is 4.57 Å². The second kappa shape index (κ2) is 7.07. The molecule has 4 nitrogen and oxygen atoms in total. The summed E-state index contributed by atoms with van der Waals surface area (Å²) in [6, 6.07) is 11.7. The van der Waals surface area contributed by atoms with Gasteiger partial charge in [0.15, 0.2) is 6.29 Å². The first kappa shape index (κ1) is 16.0. The normalized spacial score (nSPS) is 10.5. The highest BCUT2D eigenvalue weighted by atomic mass is 16.1. The van der Waals surface area contributed by atoms with Crippen LogP contribution < -0.4 is 10.5 Å². The molecular weight excluding hydrogens is 276 g/mol. The molecule has 0 unspecified atom stereocenters. The summed E-state index contributed by atoms with van der Waals surface area (Å²) < 4.78 is 1.66. The Labute approximate surface area is 131 Å². The van der Waals surface area contributed by atoms with Gasteiger partial charge in [-0.05, 0) is 32.4 Å². The molecule has 0 bridgehead atoms. The Kier molecular flexibility index (Phi) is 5.15. The average Bonchev–Trinajstić information content (AvgIpc) is 2.54. The van der Waals surface area contributed by atoms with Gasteiger partial charge in [-0.3, -0.25) is 9.59 Å². The van der Waals surface area contributed by atoms with E-state index in [4.69, 9.17) is 0 Å². The molecular formula is C18H22N2O2. The number of benzene rings is 1. The molecule has 2 rings (SSSR count). The van der Waals surface area contributed by atoms with Crippen LogP contribution in [0.3, 0.4) is 0 Å². The van der Waals surface area contributed by atoms with Crippen molar-refractivity contribution in [2.75, 3.05) is 18.0 Å². The summed E-state index contributed by atoms with van der Waals surface area (Å²) in [6.07, 6.45) is 0.678. The van der Waals surface area contributed by atoms with Gasteiger partial charge < -0.3 is 9.47 Å². The van der Waals surface area contributed by atoms with E-state index in [2.05, 4.69) is 0 Å². The van der Waals surface area contributed by atoms with Gasteiger partial charge in [0, 0.05) is 18.8 Å². The molecule has 4 heteroatoms. The number of carbonyl (C=O) groups is 1. The lowest BCUT2D eigenvalue weighted by Crippen LogP contribution is -2.31. The number of pyridine rings is 1. The Morgan fingerprint density at radius 1 is 1.14 bits per heavy atom. The van der Waals surface area contributed by atoms with Gasteiger partial charge in [-0.1, -0.05) is 30.3 Å². The Bertz CT molecular complexity index is 701. The number of nitrogens with zero attached hydrogens (tertiary/aromatic N) is 2. The first-order valence-corrected chi connectivity index (χ1v) is 7.60. The van der Waals surface area contributed by atoms with Gasteiger partial charge >= 0.3 is 0 Å². The fourth-order valence-electron chi connectivity index (χ4n) is 2.67. The third-order valence-corrected chi connectivity index (χ3v) is 3.93. The van der Waals surface area contributed by atoms with Crippen molar-refractivity contribution in [1.29, 1.82) is 0 Å². The molecule has 0 radical (unpaired) electrons. The van der Waals surface area contributed by atoms with Crippen LogP contribution in [0.15, 0.2) is 41.2 Å². The Hall–Kier alpha value is -2.36. The van der Waals surface area contributed by atoms with Crippen LogP contribution >= 0.6 is 0 Å². The fraction of sp³-hybridized carbons (Fsp3) is 0.333. The molecule has 1 aromatic carbocycles. The minimum Gasteiger partial charge on any atom is -0.371 e. The van der Waals surface area contributed by atoms with Crippen molar-refractivity contribution in [3.8, 4) is 0 Å². The fourth-order valence-corrected chi connectivity index (χ4v) is 2.67. The van der Waals surface area contributed by atoms with E-state index in [1.807, 2.05) is 62.1 Å². The van der Waals surface area contributed by atoms with E-state index in [9.17, 15) is 9.59 Å². The SMILES string of the molecule is CCN(CC)c1cc(C)n(Cc2ccccc2)c(=O)c1C=O. The summed E-state index contributed by atoms with van der Waals surface area (Å²) in [4.78, 5) is 26.2. The summed E-state index contributed by atoms with van der Waals surface area (Å²) >= 11 is 0. The van der Waals surface area contributed by atoms with Crippen molar-refractivity contribution in [2.24, 2.45) is 0 Å². The lowest BCUT2D eigenvalue weighted by molar-refractivity contribution is 0.112. The van der Waals surface area contributed by atoms with Gasteiger partial charge in [0.25, 0.3) is 5.56 Å². The zero-order chi connectivity index (χ0) is 16.1. The highest BCUT2D eigenvalue weighted by Gasteiger charge is 2.16. The molecule has 0 saturated carbocycles. The molecule has 22 heavy (non-hydrogen) atoms. The highest BCUT2D eigenvalue weighted by Crippen LogP contribution is 2.18. The quantitative estimate of drug-likeness (QED) is 0.770. The number of aromatic nitrogens is 1. The van der Waals surface area contributed by atoms with Crippen LogP contribution in [0.4, 0.5) is 5.69 Å². The van der Waals surface area contributed by atoms with Crippen LogP contribution in [0.1, 0.15) is 35.5 Å². The summed E-state index contributed by atoms with van der Waals surface area (Å²) in [5, 5.41) is 0. The van der Waals surface area contributed by atoms with E-state index in [1.165, 1.54) is 0 Å². The number of hydrogen-bond acceptors (Lipinski definition) is 3. The molecule has 0 aliphatic rings. The molecule has 1 heterocycles. The molecule has 0 spiro atoms. The number of anilines is 1. The molecule has 1 aromatic heterocycles. The monoisotopic (exact) mass is 298 g/mol. The lowest BCUT2D eigenvalue weighted by atomic mass is 10.1. The molecule has 2 aromatic rings. The number of hydrogen-bond donors (Lipinski definition) is 0. The van der Waals surface area contributed by atoms with Crippen LogP contribution in [0.25, 0.3) is 0 Å². The molecule has 0 N–H and O–H groups in total. The van der Waals surface area contributed by atoms with Crippen molar-refractivity contribution in [3.63, 3.8) is 0 Å². The maximum Gasteiger partial charge on any atom is 0.263 e. The Morgan fingerprint density at radius 2 is 1.77 bits per heavy atom. The summed E-state index contributed by atoms with van der Waals surface area (Å²) in [7, 11) is 0. The molecule has 0 amide bonds. The predicted molar refractivity (Wildman–Crippen MR) is 89.9 cm³/mol. The van der Waals surface area contributed by atoms with Gasteiger partial charge in [0.1, 0.15) is 5.56 Å². The van der Waals surface area contributed by atoms with Crippen LogP contribution in [0.2, 0.25) is 0 Å². The van der Waals surface area contributed by atoms with E-state index in [0.29, 0.717) is 12.8 Å². The van der Waals surface area contributed by atoms with Gasteiger partial charge in [-0.2, -0.15) is 0 Å². The maximum atomic E-state index is 12.7. The minimum absolute atomic E-state index is 0.222. The molecule has 0 aliphatic heterocycles. The number of aryl methyl sites for hydroxylation is 1. The van der Waals surface area contributed by atoms with E-state index >= 15 is 0 Å². The topological polar surface area (TPSA) is 42.3 Å². The van der Waals surface area contributed by atoms with Crippen LogP contribution in [-0.4, -0.2) is 23.9 Å². The molecule has 116 valence electrons. The average molecular weight is 298 g/mol. The summed E-state index contributed by atoms with van der Waals surface area (Å²) in [5.41, 5.74) is 2.65. The molecule has 0 fully saturated rings. The first-order valence-electron chi connectivity index (χ1n) is 7.60. The van der Waals surface area contributed by atoms with Crippen molar-refractivity contribution in [2.45, 2.75) is 27.3 Å². The van der Waals surface area contributed by atoms with Crippen LogP contribution in [0, 0.1) is 6.92 Å². The third-order valence-electron chi connectivity index (χ3n) is 3.93. The molecule has 0 atom stereocenters.